The molecule has 0 aliphatic carbocycles. The van der Waals surface area contributed by atoms with E-state index in [-0.39, 0.29) is 0 Å². The van der Waals surface area contributed by atoms with Crippen LogP contribution in [0.25, 0.3) is 22.4 Å². The molecule has 2 aromatic carbocycles. The van der Waals surface area contributed by atoms with Gasteiger partial charge in [-0.1, -0.05) is 54.1 Å². The molecule has 3 N–H and O–H groups in total. The van der Waals surface area contributed by atoms with Gasteiger partial charge in [-0.2, -0.15) is 5.10 Å². The van der Waals surface area contributed by atoms with E-state index in [0.29, 0.717) is 5.82 Å². The van der Waals surface area contributed by atoms with Crippen molar-refractivity contribution in [3.05, 3.63) is 59.7 Å². The first-order valence-electron chi connectivity index (χ1n) is 6.63. The zero-order valence-electron chi connectivity index (χ0n) is 11.6. The number of nitrogens with one attached hydrogen (secondary N) is 1. The largest absolute Gasteiger partial charge is 0.382 e. The number of aromatic nitrogens is 2. The molecule has 20 heavy (non-hydrogen) atoms. The van der Waals surface area contributed by atoms with E-state index in [1.54, 1.807) is 0 Å². The lowest BCUT2D eigenvalue weighted by atomic mass is 9.97. The molecule has 0 bridgehead atoms. The van der Waals surface area contributed by atoms with E-state index in [2.05, 4.69) is 60.4 Å². The van der Waals surface area contributed by atoms with Gasteiger partial charge in [0, 0.05) is 5.56 Å². The minimum Gasteiger partial charge on any atom is -0.382 e. The van der Waals surface area contributed by atoms with Crippen LogP contribution in [0.1, 0.15) is 11.1 Å². The molecule has 0 amide bonds. The number of nitrogens with zero attached hydrogens (tertiary/aromatic N) is 1. The summed E-state index contributed by atoms with van der Waals surface area (Å²) in [4.78, 5) is 0. The standard InChI is InChI=1S/C17H17N3/c1-11-7-9-13(10-8-11)15-16(19-20-17(15)18)14-6-4-3-5-12(14)2/h3-10H,1-2H3,(H3,18,19,20). The minimum atomic E-state index is 0.534. The fraction of sp³-hybridized carbons (Fsp3) is 0.118. The molecule has 0 spiro atoms. The average molecular weight is 263 g/mol. The van der Waals surface area contributed by atoms with Crippen LogP contribution >= 0.6 is 0 Å². The van der Waals surface area contributed by atoms with E-state index in [1.165, 1.54) is 11.1 Å². The van der Waals surface area contributed by atoms with E-state index >= 15 is 0 Å². The summed E-state index contributed by atoms with van der Waals surface area (Å²) in [6, 6.07) is 16.6. The summed E-state index contributed by atoms with van der Waals surface area (Å²) in [6.45, 7) is 4.16. The summed E-state index contributed by atoms with van der Waals surface area (Å²) < 4.78 is 0. The van der Waals surface area contributed by atoms with Gasteiger partial charge in [-0.25, -0.2) is 0 Å². The fourth-order valence-electron chi connectivity index (χ4n) is 2.42. The Bertz CT molecular complexity index is 739. The normalized spacial score (nSPS) is 10.7. The van der Waals surface area contributed by atoms with Gasteiger partial charge in [0.15, 0.2) is 5.82 Å². The van der Waals surface area contributed by atoms with Crippen LogP contribution in [-0.4, -0.2) is 10.2 Å². The van der Waals surface area contributed by atoms with E-state index < -0.39 is 0 Å². The highest BCUT2D eigenvalue weighted by molar-refractivity contribution is 5.88. The van der Waals surface area contributed by atoms with Crippen LogP contribution in [0.2, 0.25) is 0 Å². The lowest BCUT2D eigenvalue weighted by Gasteiger charge is -2.07. The third-order valence-electron chi connectivity index (χ3n) is 3.55. The summed E-state index contributed by atoms with van der Waals surface area (Å²) in [5, 5.41) is 7.25. The zero-order chi connectivity index (χ0) is 14.1. The topological polar surface area (TPSA) is 54.7 Å². The smallest absolute Gasteiger partial charge is 0.153 e. The maximum atomic E-state index is 6.06. The number of benzene rings is 2. The second-order valence-corrected chi connectivity index (χ2v) is 5.04. The predicted molar refractivity (Wildman–Crippen MR) is 83.3 cm³/mol. The highest BCUT2D eigenvalue weighted by atomic mass is 15.2. The maximum absolute atomic E-state index is 6.06. The van der Waals surface area contributed by atoms with Crippen molar-refractivity contribution in [3.63, 3.8) is 0 Å². The molecule has 0 aliphatic heterocycles. The Morgan fingerprint density at radius 2 is 1.65 bits per heavy atom. The van der Waals surface area contributed by atoms with Crippen molar-refractivity contribution in [2.75, 3.05) is 5.73 Å². The van der Waals surface area contributed by atoms with Gasteiger partial charge < -0.3 is 5.73 Å². The van der Waals surface area contributed by atoms with Crippen LogP contribution in [-0.2, 0) is 0 Å². The van der Waals surface area contributed by atoms with Crippen LogP contribution in [0.15, 0.2) is 48.5 Å². The number of rotatable bonds is 2. The molecule has 3 aromatic rings. The van der Waals surface area contributed by atoms with Crippen LogP contribution in [0.3, 0.4) is 0 Å². The molecule has 0 unspecified atom stereocenters. The van der Waals surface area contributed by atoms with Crippen molar-refractivity contribution in [2.24, 2.45) is 0 Å². The third kappa shape index (κ3) is 2.07. The van der Waals surface area contributed by atoms with Crippen LogP contribution < -0.4 is 5.73 Å². The van der Waals surface area contributed by atoms with Gasteiger partial charge in [0.1, 0.15) is 0 Å². The van der Waals surface area contributed by atoms with Gasteiger partial charge in [-0.15, -0.1) is 0 Å². The molecule has 1 heterocycles. The summed E-state index contributed by atoms with van der Waals surface area (Å²) in [6.07, 6.45) is 0. The van der Waals surface area contributed by atoms with Crippen LogP contribution in [0, 0.1) is 13.8 Å². The molecular weight excluding hydrogens is 246 g/mol. The SMILES string of the molecule is Cc1ccc(-c2c(N)n[nH]c2-c2ccccc2C)cc1. The monoisotopic (exact) mass is 263 g/mol. The Balaban J connectivity index is 2.20. The molecular formula is C17H17N3. The van der Waals surface area contributed by atoms with Crippen molar-refractivity contribution in [1.29, 1.82) is 0 Å². The van der Waals surface area contributed by atoms with E-state index in [0.717, 1.165) is 22.4 Å². The van der Waals surface area contributed by atoms with Crippen molar-refractivity contribution < 1.29 is 0 Å². The maximum Gasteiger partial charge on any atom is 0.153 e. The quantitative estimate of drug-likeness (QED) is 0.735. The molecule has 3 rings (SSSR count). The van der Waals surface area contributed by atoms with Gasteiger partial charge in [0.2, 0.25) is 0 Å². The fourth-order valence-corrected chi connectivity index (χ4v) is 2.42. The van der Waals surface area contributed by atoms with E-state index in [4.69, 9.17) is 5.73 Å². The van der Waals surface area contributed by atoms with E-state index in [9.17, 15) is 0 Å². The Labute approximate surface area is 118 Å². The lowest BCUT2D eigenvalue weighted by molar-refractivity contribution is 1.10. The summed E-state index contributed by atoms with van der Waals surface area (Å²) in [5.41, 5.74) is 12.6. The van der Waals surface area contributed by atoms with Crippen LogP contribution in [0.4, 0.5) is 5.82 Å². The average Bonchev–Trinajstić information content (AvgIpc) is 2.82. The second kappa shape index (κ2) is 4.85. The number of hydrogen-bond acceptors (Lipinski definition) is 2. The Morgan fingerprint density at radius 1 is 0.950 bits per heavy atom. The highest BCUT2D eigenvalue weighted by Crippen LogP contribution is 2.35. The Morgan fingerprint density at radius 3 is 2.35 bits per heavy atom. The molecule has 0 saturated carbocycles. The molecule has 0 aliphatic rings. The van der Waals surface area contributed by atoms with Crippen molar-refractivity contribution >= 4 is 5.82 Å². The zero-order valence-corrected chi connectivity index (χ0v) is 11.6. The number of anilines is 1. The predicted octanol–water partition coefficient (Wildman–Crippen LogP) is 3.94. The van der Waals surface area contributed by atoms with Crippen molar-refractivity contribution in [2.45, 2.75) is 13.8 Å². The summed E-state index contributed by atoms with van der Waals surface area (Å²) >= 11 is 0. The molecule has 1 aromatic heterocycles. The Hall–Kier alpha value is -2.55. The van der Waals surface area contributed by atoms with Gasteiger partial charge in [0.25, 0.3) is 0 Å². The number of nitrogen functional groups attached to an aromatic ring is 1. The number of aromatic amines is 1. The molecule has 0 saturated heterocycles. The molecule has 0 radical (unpaired) electrons. The van der Waals surface area contributed by atoms with Gasteiger partial charge in [-0.3, -0.25) is 5.10 Å². The number of hydrogen-bond donors (Lipinski definition) is 2. The number of aryl methyl sites for hydroxylation is 2. The van der Waals surface area contributed by atoms with Crippen molar-refractivity contribution in [1.82, 2.24) is 10.2 Å². The first kappa shape index (κ1) is 12.5. The van der Waals surface area contributed by atoms with Gasteiger partial charge in [0.05, 0.1) is 11.3 Å². The summed E-state index contributed by atoms with van der Waals surface area (Å²) in [7, 11) is 0. The van der Waals surface area contributed by atoms with E-state index in [1.807, 2.05) is 12.1 Å². The molecule has 0 atom stereocenters. The van der Waals surface area contributed by atoms with Crippen LogP contribution in [0.5, 0.6) is 0 Å². The van der Waals surface area contributed by atoms with Gasteiger partial charge in [-0.05, 0) is 25.0 Å². The minimum absolute atomic E-state index is 0.534. The molecule has 0 fully saturated rings. The second-order valence-electron chi connectivity index (χ2n) is 5.04. The first-order valence-corrected chi connectivity index (χ1v) is 6.63. The highest BCUT2D eigenvalue weighted by Gasteiger charge is 2.15. The molecule has 3 nitrogen and oxygen atoms in total. The first-order chi connectivity index (χ1) is 9.66. The molecule has 3 heteroatoms. The molecule has 100 valence electrons. The third-order valence-corrected chi connectivity index (χ3v) is 3.55. The number of H-pyrrole nitrogens is 1. The number of nitrogens with two attached hydrogens (primary N) is 1. The lowest BCUT2D eigenvalue weighted by Crippen LogP contribution is -1.90. The Kier molecular flexibility index (Phi) is 3.03. The van der Waals surface area contributed by atoms with Crippen molar-refractivity contribution in [3.8, 4) is 22.4 Å². The van der Waals surface area contributed by atoms with Gasteiger partial charge >= 0.3 is 0 Å². The summed E-state index contributed by atoms with van der Waals surface area (Å²) in [5.74, 6) is 0.534.